The molecule has 0 saturated carbocycles. The summed E-state index contributed by atoms with van der Waals surface area (Å²) in [5.41, 5.74) is 6.02. The summed E-state index contributed by atoms with van der Waals surface area (Å²) in [4.78, 5) is 15.1. The standard InChI is InChI=1S/C13H22N2OS/c1-9(2)8-15(10(3)4)13(16)12(14)11-6-5-7-17-11/h5-7,9-10,12H,8,14H2,1-4H3. The maximum absolute atomic E-state index is 12.3. The van der Waals surface area contributed by atoms with Gasteiger partial charge in [0, 0.05) is 17.5 Å². The van der Waals surface area contributed by atoms with Crippen LogP contribution in [0.5, 0.6) is 0 Å². The van der Waals surface area contributed by atoms with Gasteiger partial charge in [0.1, 0.15) is 6.04 Å². The number of rotatable bonds is 5. The fraction of sp³-hybridized carbons (Fsp3) is 0.615. The van der Waals surface area contributed by atoms with Crippen molar-refractivity contribution in [3.63, 3.8) is 0 Å². The van der Waals surface area contributed by atoms with Gasteiger partial charge in [0.2, 0.25) is 5.91 Å². The van der Waals surface area contributed by atoms with E-state index < -0.39 is 6.04 Å². The Labute approximate surface area is 108 Å². The summed E-state index contributed by atoms with van der Waals surface area (Å²) >= 11 is 1.53. The molecule has 1 amide bonds. The average molecular weight is 254 g/mol. The highest BCUT2D eigenvalue weighted by Gasteiger charge is 2.25. The molecule has 0 bridgehead atoms. The van der Waals surface area contributed by atoms with E-state index in [1.807, 2.05) is 36.3 Å². The maximum atomic E-state index is 12.3. The van der Waals surface area contributed by atoms with Crippen LogP contribution in [-0.2, 0) is 4.79 Å². The van der Waals surface area contributed by atoms with Crippen LogP contribution < -0.4 is 5.73 Å². The van der Waals surface area contributed by atoms with Gasteiger partial charge in [0.25, 0.3) is 0 Å². The number of thiophene rings is 1. The highest BCUT2D eigenvalue weighted by molar-refractivity contribution is 7.10. The molecule has 96 valence electrons. The number of hydrogen-bond donors (Lipinski definition) is 1. The van der Waals surface area contributed by atoms with Crippen molar-refractivity contribution < 1.29 is 4.79 Å². The van der Waals surface area contributed by atoms with Gasteiger partial charge in [-0.1, -0.05) is 19.9 Å². The molecule has 1 aromatic heterocycles. The van der Waals surface area contributed by atoms with Gasteiger partial charge in [-0.25, -0.2) is 0 Å². The Kier molecular flexibility index (Phi) is 5.15. The molecule has 0 spiro atoms. The predicted molar refractivity (Wildman–Crippen MR) is 72.9 cm³/mol. The minimum absolute atomic E-state index is 0.0242. The molecule has 1 unspecified atom stereocenters. The van der Waals surface area contributed by atoms with Gasteiger partial charge in [0.05, 0.1) is 0 Å². The highest BCUT2D eigenvalue weighted by Crippen LogP contribution is 2.20. The number of nitrogens with zero attached hydrogens (tertiary/aromatic N) is 1. The lowest BCUT2D eigenvalue weighted by Gasteiger charge is -2.30. The van der Waals surface area contributed by atoms with Gasteiger partial charge in [-0.2, -0.15) is 0 Å². The molecule has 2 N–H and O–H groups in total. The topological polar surface area (TPSA) is 46.3 Å². The van der Waals surface area contributed by atoms with Crippen LogP contribution in [0.15, 0.2) is 17.5 Å². The normalized spacial score (nSPS) is 13.1. The molecule has 1 heterocycles. The number of hydrogen-bond acceptors (Lipinski definition) is 3. The minimum Gasteiger partial charge on any atom is -0.338 e. The molecular formula is C13H22N2OS. The van der Waals surface area contributed by atoms with Crippen LogP contribution in [0.25, 0.3) is 0 Å². The second-order valence-electron chi connectivity index (χ2n) is 4.97. The third-order valence-corrected chi connectivity index (χ3v) is 3.54. The van der Waals surface area contributed by atoms with Crippen LogP contribution in [0.3, 0.4) is 0 Å². The van der Waals surface area contributed by atoms with Crippen molar-refractivity contribution in [2.24, 2.45) is 11.7 Å². The van der Waals surface area contributed by atoms with Crippen molar-refractivity contribution in [1.29, 1.82) is 0 Å². The van der Waals surface area contributed by atoms with Crippen molar-refractivity contribution in [1.82, 2.24) is 4.90 Å². The first-order valence-corrected chi connectivity index (χ1v) is 6.91. The van der Waals surface area contributed by atoms with E-state index in [1.165, 1.54) is 11.3 Å². The third kappa shape index (κ3) is 3.82. The average Bonchev–Trinajstić information content (AvgIpc) is 2.76. The number of carbonyl (C=O) groups excluding carboxylic acids is 1. The molecule has 0 aliphatic rings. The van der Waals surface area contributed by atoms with Crippen LogP contribution in [0.4, 0.5) is 0 Å². The lowest BCUT2D eigenvalue weighted by Crippen LogP contribution is -2.44. The second-order valence-corrected chi connectivity index (χ2v) is 5.95. The minimum atomic E-state index is -0.517. The highest BCUT2D eigenvalue weighted by atomic mass is 32.1. The summed E-state index contributed by atoms with van der Waals surface area (Å²) in [6.07, 6.45) is 0. The van der Waals surface area contributed by atoms with E-state index in [1.54, 1.807) is 0 Å². The lowest BCUT2D eigenvalue weighted by molar-refractivity contribution is -0.135. The van der Waals surface area contributed by atoms with E-state index in [0.717, 1.165) is 11.4 Å². The first-order chi connectivity index (χ1) is 7.93. The molecule has 3 nitrogen and oxygen atoms in total. The zero-order valence-corrected chi connectivity index (χ0v) is 11.8. The first kappa shape index (κ1) is 14.2. The summed E-state index contributed by atoms with van der Waals surface area (Å²) in [6.45, 7) is 9.04. The molecular weight excluding hydrogens is 232 g/mol. The smallest absolute Gasteiger partial charge is 0.245 e. The monoisotopic (exact) mass is 254 g/mol. The molecule has 17 heavy (non-hydrogen) atoms. The van der Waals surface area contributed by atoms with E-state index in [9.17, 15) is 4.79 Å². The van der Waals surface area contributed by atoms with Gasteiger partial charge in [-0.15, -0.1) is 11.3 Å². The van der Waals surface area contributed by atoms with E-state index in [0.29, 0.717) is 5.92 Å². The largest absolute Gasteiger partial charge is 0.338 e. The molecule has 1 rings (SSSR count). The first-order valence-electron chi connectivity index (χ1n) is 6.03. The SMILES string of the molecule is CC(C)CN(C(=O)C(N)c1cccs1)C(C)C. The Hall–Kier alpha value is -0.870. The van der Waals surface area contributed by atoms with E-state index >= 15 is 0 Å². The summed E-state index contributed by atoms with van der Waals surface area (Å²) in [7, 11) is 0. The van der Waals surface area contributed by atoms with Crippen LogP contribution in [0.2, 0.25) is 0 Å². The molecule has 0 fully saturated rings. The van der Waals surface area contributed by atoms with Crippen molar-refractivity contribution in [3.05, 3.63) is 22.4 Å². The van der Waals surface area contributed by atoms with Crippen LogP contribution in [-0.4, -0.2) is 23.4 Å². The van der Waals surface area contributed by atoms with E-state index in [4.69, 9.17) is 5.73 Å². The Morgan fingerprint density at radius 2 is 2.06 bits per heavy atom. The Balaban J connectivity index is 2.77. The van der Waals surface area contributed by atoms with Gasteiger partial charge in [0.15, 0.2) is 0 Å². The number of nitrogens with two attached hydrogens (primary N) is 1. The van der Waals surface area contributed by atoms with Gasteiger partial charge in [-0.05, 0) is 31.2 Å². The van der Waals surface area contributed by atoms with Crippen molar-refractivity contribution in [2.75, 3.05) is 6.54 Å². The number of amides is 1. The Morgan fingerprint density at radius 1 is 1.41 bits per heavy atom. The summed E-state index contributed by atoms with van der Waals surface area (Å²) < 4.78 is 0. The summed E-state index contributed by atoms with van der Waals surface area (Å²) in [5, 5.41) is 1.95. The second kappa shape index (κ2) is 6.17. The van der Waals surface area contributed by atoms with Gasteiger partial charge in [-0.3, -0.25) is 4.79 Å². The molecule has 1 aromatic rings. The molecule has 1 atom stereocenters. The lowest BCUT2D eigenvalue weighted by atomic mass is 10.1. The fourth-order valence-corrected chi connectivity index (χ4v) is 2.44. The van der Waals surface area contributed by atoms with Crippen LogP contribution >= 0.6 is 11.3 Å². The molecule has 0 aliphatic heterocycles. The third-order valence-electron chi connectivity index (χ3n) is 2.58. The van der Waals surface area contributed by atoms with Crippen molar-refractivity contribution >= 4 is 17.2 Å². The fourth-order valence-electron chi connectivity index (χ4n) is 1.72. The zero-order chi connectivity index (χ0) is 13.0. The Bertz CT molecular complexity index is 346. The summed E-state index contributed by atoms with van der Waals surface area (Å²) in [6, 6.07) is 3.52. The molecule has 4 heteroatoms. The predicted octanol–water partition coefficient (Wildman–Crippen LogP) is 2.64. The van der Waals surface area contributed by atoms with E-state index in [2.05, 4.69) is 13.8 Å². The van der Waals surface area contributed by atoms with E-state index in [-0.39, 0.29) is 11.9 Å². The Morgan fingerprint density at radius 3 is 2.47 bits per heavy atom. The molecule has 0 aromatic carbocycles. The maximum Gasteiger partial charge on any atom is 0.245 e. The zero-order valence-electron chi connectivity index (χ0n) is 11.0. The van der Waals surface area contributed by atoms with Crippen LogP contribution in [0, 0.1) is 5.92 Å². The molecule has 0 radical (unpaired) electrons. The quantitative estimate of drug-likeness (QED) is 0.878. The molecule has 0 saturated heterocycles. The summed E-state index contributed by atoms with van der Waals surface area (Å²) in [5.74, 6) is 0.480. The van der Waals surface area contributed by atoms with Crippen molar-refractivity contribution in [3.8, 4) is 0 Å². The molecule has 0 aliphatic carbocycles. The van der Waals surface area contributed by atoms with Crippen molar-refractivity contribution in [2.45, 2.75) is 39.8 Å². The van der Waals surface area contributed by atoms with Crippen LogP contribution in [0.1, 0.15) is 38.6 Å². The van der Waals surface area contributed by atoms with Gasteiger partial charge < -0.3 is 10.6 Å². The number of carbonyl (C=O) groups is 1. The van der Waals surface area contributed by atoms with Gasteiger partial charge >= 0.3 is 0 Å².